The summed E-state index contributed by atoms with van der Waals surface area (Å²) in [5.41, 5.74) is 0.896. The predicted octanol–water partition coefficient (Wildman–Crippen LogP) is 2.68. The summed E-state index contributed by atoms with van der Waals surface area (Å²) in [6.45, 7) is 2.36. The van der Waals surface area contributed by atoms with E-state index in [2.05, 4.69) is 10.3 Å². The first-order valence-corrected chi connectivity index (χ1v) is 8.97. The van der Waals surface area contributed by atoms with E-state index in [0.29, 0.717) is 47.4 Å². The smallest absolute Gasteiger partial charge is 0.263 e. The molecule has 3 aromatic rings. The number of thiazole rings is 1. The zero-order valence-electron chi connectivity index (χ0n) is 13.1. The average molecular weight is 379 g/mol. The second-order valence-corrected chi connectivity index (χ2v) is 6.86. The molecule has 1 aromatic carbocycles. The highest BCUT2D eigenvalue weighted by molar-refractivity contribution is 7.13. The minimum absolute atomic E-state index is 0.117. The first-order valence-electron chi connectivity index (χ1n) is 7.72. The van der Waals surface area contributed by atoms with Gasteiger partial charge in [-0.3, -0.25) is 10.1 Å². The number of carbonyl (C=O) groups excluding carboxylic acids is 1. The van der Waals surface area contributed by atoms with Crippen molar-refractivity contribution in [3.63, 3.8) is 0 Å². The van der Waals surface area contributed by atoms with Crippen LogP contribution in [0.3, 0.4) is 0 Å². The largest absolute Gasteiger partial charge is 0.493 e. The third-order valence-corrected chi connectivity index (χ3v) is 4.95. The van der Waals surface area contributed by atoms with Crippen molar-refractivity contribution >= 4 is 44.9 Å². The van der Waals surface area contributed by atoms with Gasteiger partial charge in [0, 0.05) is 22.0 Å². The van der Waals surface area contributed by atoms with E-state index in [1.165, 1.54) is 11.3 Å². The molecule has 1 aliphatic heterocycles. The van der Waals surface area contributed by atoms with E-state index >= 15 is 0 Å². The summed E-state index contributed by atoms with van der Waals surface area (Å²) in [4.78, 5) is 16.8. The van der Waals surface area contributed by atoms with Crippen molar-refractivity contribution in [3.8, 4) is 5.88 Å². The van der Waals surface area contributed by atoms with Crippen LogP contribution in [0.1, 0.15) is 10.4 Å². The molecule has 0 spiro atoms. The molecule has 2 N–H and O–H groups in total. The van der Waals surface area contributed by atoms with Crippen LogP contribution in [0.25, 0.3) is 10.9 Å². The molecule has 3 heterocycles. The van der Waals surface area contributed by atoms with Gasteiger partial charge in [-0.15, -0.1) is 11.3 Å². The first kappa shape index (κ1) is 16.2. The van der Waals surface area contributed by atoms with Crippen LogP contribution in [-0.4, -0.2) is 47.0 Å². The quantitative estimate of drug-likeness (QED) is 0.732. The van der Waals surface area contributed by atoms with Gasteiger partial charge >= 0.3 is 0 Å². The number of morpholine rings is 1. The number of hydrogen-bond acceptors (Lipinski definition) is 6. The summed E-state index contributed by atoms with van der Waals surface area (Å²) in [6, 6.07) is 5.22. The molecule has 130 valence electrons. The molecule has 0 radical (unpaired) electrons. The van der Waals surface area contributed by atoms with Crippen LogP contribution in [0.5, 0.6) is 5.88 Å². The molecule has 4 rings (SSSR count). The van der Waals surface area contributed by atoms with Crippen molar-refractivity contribution in [1.29, 1.82) is 0 Å². The van der Waals surface area contributed by atoms with Crippen LogP contribution < -0.4 is 10.3 Å². The number of anilines is 1. The van der Waals surface area contributed by atoms with Gasteiger partial charge in [-0.2, -0.15) is 0 Å². The van der Waals surface area contributed by atoms with Crippen molar-refractivity contribution in [1.82, 2.24) is 9.66 Å². The Morgan fingerprint density at radius 3 is 2.88 bits per heavy atom. The lowest BCUT2D eigenvalue weighted by molar-refractivity contribution is 0.102. The molecular formula is C16H15ClN4O3S. The van der Waals surface area contributed by atoms with E-state index < -0.39 is 5.91 Å². The van der Waals surface area contributed by atoms with Crippen LogP contribution in [0.2, 0.25) is 5.02 Å². The van der Waals surface area contributed by atoms with Gasteiger partial charge in [-0.05, 0) is 18.2 Å². The Hall–Kier alpha value is -2.29. The monoisotopic (exact) mass is 378 g/mol. The Morgan fingerprint density at radius 2 is 2.16 bits per heavy atom. The number of halogens is 1. The molecule has 0 saturated carbocycles. The van der Waals surface area contributed by atoms with Gasteiger partial charge in [0.15, 0.2) is 5.13 Å². The zero-order valence-corrected chi connectivity index (χ0v) is 14.7. The van der Waals surface area contributed by atoms with E-state index in [1.54, 1.807) is 34.5 Å². The van der Waals surface area contributed by atoms with Crippen LogP contribution in [0, 0.1) is 0 Å². The Balaban J connectivity index is 1.83. The fraction of sp³-hybridized carbons (Fsp3) is 0.250. The van der Waals surface area contributed by atoms with Gasteiger partial charge in [0.05, 0.1) is 31.8 Å². The maximum Gasteiger partial charge on any atom is 0.263 e. The molecule has 0 atom stereocenters. The van der Waals surface area contributed by atoms with Gasteiger partial charge in [0.1, 0.15) is 5.56 Å². The number of amides is 1. The molecule has 25 heavy (non-hydrogen) atoms. The van der Waals surface area contributed by atoms with Gasteiger partial charge in [0.2, 0.25) is 5.88 Å². The number of carbonyl (C=O) groups is 1. The molecule has 1 aliphatic rings. The number of aromatic nitrogens is 2. The predicted molar refractivity (Wildman–Crippen MR) is 97.5 cm³/mol. The van der Waals surface area contributed by atoms with E-state index in [9.17, 15) is 9.90 Å². The van der Waals surface area contributed by atoms with Crippen molar-refractivity contribution in [2.24, 2.45) is 0 Å². The fourth-order valence-electron chi connectivity index (χ4n) is 2.94. The van der Waals surface area contributed by atoms with Gasteiger partial charge in [-0.1, -0.05) is 11.6 Å². The second-order valence-electron chi connectivity index (χ2n) is 5.53. The van der Waals surface area contributed by atoms with Crippen molar-refractivity contribution in [2.45, 2.75) is 0 Å². The minimum Gasteiger partial charge on any atom is -0.493 e. The number of nitrogens with one attached hydrogen (secondary N) is 1. The summed E-state index contributed by atoms with van der Waals surface area (Å²) in [7, 11) is 0. The van der Waals surface area contributed by atoms with E-state index in [4.69, 9.17) is 16.3 Å². The Morgan fingerprint density at radius 1 is 1.36 bits per heavy atom. The highest BCUT2D eigenvalue weighted by Crippen LogP contribution is 2.34. The zero-order chi connectivity index (χ0) is 17.4. The summed E-state index contributed by atoms with van der Waals surface area (Å²) in [5.74, 6) is -0.542. The first-order chi connectivity index (χ1) is 12.1. The third-order valence-electron chi connectivity index (χ3n) is 4.03. The third kappa shape index (κ3) is 2.92. The SMILES string of the molecule is O=C(Nc1nccs1)c1c(O)n(N2CCOCC2)c2ccc(Cl)cc12. The number of rotatable bonds is 3. The maximum absolute atomic E-state index is 12.8. The standard InChI is InChI=1S/C16H15ClN4O3S/c17-10-1-2-12-11(9-10)13(14(22)19-16-18-3-8-25-16)15(23)21(12)20-4-6-24-7-5-20/h1-3,8-9,23H,4-7H2,(H,18,19,22). The molecular weight excluding hydrogens is 364 g/mol. The molecule has 2 aromatic heterocycles. The van der Waals surface area contributed by atoms with Crippen molar-refractivity contribution < 1.29 is 14.6 Å². The number of fused-ring (bicyclic) bond motifs is 1. The highest BCUT2D eigenvalue weighted by atomic mass is 35.5. The molecule has 7 nitrogen and oxygen atoms in total. The number of hydrogen-bond donors (Lipinski definition) is 2. The van der Waals surface area contributed by atoms with Crippen molar-refractivity contribution in [3.05, 3.63) is 40.4 Å². The lowest BCUT2D eigenvalue weighted by Gasteiger charge is -2.30. The van der Waals surface area contributed by atoms with Gasteiger partial charge in [-0.25, -0.2) is 9.66 Å². The number of benzene rings is 1. The molecule has 9 heteroatoms. The lowest BCUT2D eigenvalue weighted by atomic mass is 10.1. The highest BCUT2D eigenvalue weighted by Gasteiger charge is 2.26. The Bertz CT molecular complexity index is 919. The Labute approximate surface area is 152 Å². The topological polar surface area (TPSA) is 79.6 Å². The molecule has 0 bridgehead atoms. The number of ether oxygens (including phenoxy) is 1. The molecule has 1 amide bonds. The van der Waals surface area contributed by atoms with E-state index in [-0.39, 0.29) is 11.4 Å². The van der Waals surface area contributed by atoms with E-state index in [1.807, 2.05) is 5.01 Å². The summed E-state index contributed by atoms with van der Waals surface area (Å²) < 4.78 is 7.03. The molecule has 1 fully saturated rings. The van der Waals surface area contributed by atoms with E-state index in [0.717, 1.165) is 0 Å². The fourth-order valence-corrected chi connectivity index (χ4v) is 3.64. The molecule has 0 unspecified atom stereocenters. The summed E-state index contributed by atoms with van der Waals surface area (Å²) in [6.07, 6.45) is 1.61. The van der Waals surface area contributed by atoms with Gasteiger partial charge < -0.3 is 14.9 Å². The van der Waals surface area contributed by atoms with Crippen LogP contribution in [0.4, 0.5) is 5.13 Å². The molecule has 0 aliphatic carbocycles. The van der Waals surface area contributed by atoms with Crippen LogP contribution in [-0.2, 0) is 4.74 Å². The normalized spacial score (nSPS) is 14.8. The molecule has 1 saturated heterocycles. The van der Waals surface area contributed by atoms with Crippen LogP contribution >= 0.6 is 22.9 Å². The van der Waals surface area contributed by atoms with Crippen molar-refractivity contribution in [2.75, 3.05) is 36.6 Å². The number of aromatic hydroxyl groups is 1. The average Bonchev–Trinajstić information content (AvgIpc) is 3.20. The van der Waals surface area contributed by atoms with Crippen LogP contribution in [0.15, 0.2) is 29.8 Å². The minimum atomic E-state index is -0.424. The van der Waals surface area contributed by atoms with Gasteiger partial charge in [0.25, 0.3) is 5.91 Å². The summed E-state index contributed by atoms with van der Waals surface area (Å²) in [5, 5.41) is 18.8. The lowest BCUT2D eigenvalue weighted by Crippen LogP contribution is -2.43. The maximum atomic E-state index is 12.8. The second kappa shape index (κ2) is 6.55. The number of nitrogens with zero attached hydrogens (tertiary/aromatic N) is 3. The summed E-state index contributed by atoms with van der Waals surface area (Å²) >= 11 is 7.43. The Kier molecular flexibility index (Phi) is 4.24.